The van der Waals surface area contributed by atoms with Crippen LogP contribution in [0.2, 0.25) is 0 Å². The van der Waals surface area contributed by atoms with Crippen LogP contribution in [0.4, 0.5) is 0 Å². The third-order valence-corrected chi connectivity index (χ3v) is 5.72. The normalized spacial score (nSPS) is 28.5. The maximum absolute atomic E-state index is 9.97. The summed E-state index contributed by atoms with van der Waals surface area (Å²) < 4.78 is 0. The topological polar surface area (TPSA) is 35.5 Å². The zero-order chi connectivity index (χ0) is 16.4. The summed E-state index contributed by atoms with van der Waals surface area (Å²) in [5.41, 5.74) is 1.39. The summed E-state index contributed by atoms with van der Waals surface area (Å²) in [4.78, 5) is 2.59. The summed E-state index contributed by atoms with van der Waals surface area (Å²) in [5.74, 6) is 1.28. The summed E-state index contributed by atoms with van der Waals surface area (Å²) in [5, 5.41) is 13.7. The van der Waals surface area contributed by atoms with Gasteiger partial charge in [-0.1, -0.05) is 26.0 Å². The van der Waals surface area contributed by atoms with Crippen molar-refractivity contribution in [1.82, 2.24) is 10.2 Å². The summed E-state index contributed by atoms with van der Waals surface area (Å²) >= 11 is 0. The second kappa shape index (κ2) is 6.82. The Labute approximate surface area is 141 Å². The molecule has 128 valence electrons. The molecule has 2 fully saturated rings. The Kier molecular flexibility index (Phi) is 4.98. The molecule has 1 aromatic carbocycles. The lowest BCUT2D eigenvalue weighted by Gasteiger charge is -2.47. The molecule has 23 heavy (non-hydrogen) atoms. The Hall–Kier alpha value is -1.06. The van der Waals surface area contributed by atoms with E-state index in [1.165, 1.54) is 50.6 Å². The number of hydrogen-bond donors (Lipinski definition) is 2. The van der Waals surface area contributed by atoms with Crippen molar-refractivity contribution >= 4 is 0 Å². The minimum Gasteiger partial charge on any atom is -0.508 e. The van der Waals surface area contributed by atoms with Gasteiger partial charge in [0.1, 0.15) is 5.75 Å². The fourth-order valence-electron chi connectivity index (χ4n) is 4.28. The Morgan fingerprint density at radius 1 is 1.22 bits per heavy atom. The van der Waals surface area contributed by atoms with Crippen LogP contribution in [-0.2, 0) is 5.54 Å². The average Bonchev–Trinajstić information content (AvgIpc) is 3.31. The summed E-state index contributed by atoms with van der Waals surface area (Å²) in [6, 6.07) is 9.16. The molecule has 2 aliphatic carbocycles. The number of phenolic OH excluding ortho intramolecular Hbond substituents is 1. The molecule has 0 heterocycles. The zero-order valence-electron chi connectivity index (χ0n) is 14.9. The predicted octanol–water partition coefficient (Wildman–Crippen LogP) is 3.87. The van der Waals surface area contributed by atoms with Gasteiger partial charge in [0.25, 0.3) is 0 Å². The number of nitrogens with one attached hydrogen (secondary N) is 1. The quantitative estimate of drug-likeness (QED) is 0.836. The molecule has 3 heteroatoms. The third-order valence-electron chi connectivity index (χ3n) is 5.72. The van der Waals surface area contributed by atoms with Crippen molar-refractivity contribution in [3.63, 3.8) is 0 Å². The van der Waals surface area contributed by atoms with Crippen LogP contribution in [0.25, 0.3) is 0 Å². The van der Waals surface area contributed by atoms with Crippen LogP contribution in [0.5, 0.6) is 5.75 Å². The van der Waals surface area contributed by atoms with E-state index in [4.69, 9.17) is 0 Å². The highest BCUT2D eigenvalue weighted by Gasteiger charge is 2.42. The molecule has 2 saturated carbocycles. The van der Waals surface area contributed by atoms with E-state index in [0.29, 0.717) is 17.8 Å². The Morgan fingerprint density at radius 3 is 2.48 bits per heavy atom. The standard InChI is InChI=1S/C20H32N2O/c1-15(2)21-18-9-11-20(12-10-18,22(3)14-16-7-8-16)17-5-4-6-19(23)13-17/h4-6,13,15-16,18,21,23H,7-12,14H2,1-3H3. The molecule has 0 amide bonds. The number of benzene rings is 1. The fraction of sp³-hybridized carbons (Fsp3) is 0.700. The molecule has 2 aliphatic rings. The van der Waals surface area contributed by atoms with Crippen molar-refractivity contribution in [3.8, 4) is 5.75 Å². The van der Waals surface area contributed by atoms with Gasteiger partial charge in [-0.2, -0.15) is 0 Å². The summed E-state index contributed by atoms with van der Waals surface area (Å²) in [7, 11) is 2.29. The zero-order valence-corrected chi connectivity index (χ0v) is 14.9. The molecular formula is C20H32N2O. The molecule has 0 radical (unpaired) electrons. The van der Waals surface area contributed by atoms with Crippen molar-refractivity contribution in [2.75, 3.05) is 13.6 Å². The molecule has 3 nitrogen and oxygen atoms in total. The number of nitrogens with zero attached hydrogens (tertiary/aromatic N) is 1. The first-order valence-electron chi connectivity index (χ1n) is 9.26. The van der Waals surface area contributed by atoms with Crippen LogP contribution >= 0.6 is 0 Å². The first-order chi connectivity index (χ1) is 11.0. The average molecular weight is 316 g/mol. The second-order valence-electron chi connectivity index (χ2n) is 8.00. The van der Waals surface area contributed by atoms with Gasteiger partial charge in [-0.3, -0.25) is 4.90 Å². The van der Waals surface area contributed by atoms with E-state index in [0.717, 1.165) is 5.92 Å². The molecule has 0 aromatic heterocycles. The van der Waals surface area contributed by atoms with E-state index in [9.17, 15) is 5.11 Å². The molecule has 2 N–H and O–H groups in total. The van der Waals surface area contributed by atoms with Crippen LogP contribution < -0.4 is 5.32 Å². The molecule has 1 aromatic rings. The van der Waals surface area contributed by atoms with Crippen molar-refractivity contribution in [1.29, 1.82) is 0 Å². The van der Waals surface area contributed by atoms with Crippen LogP contribution in [0.1, 0.15) is 57.9 Å². The Morgan fingerprint density at radius 2 is 1.91 bits per heavy atom. The van der Waals surface area contributed by atoms with Gasteiger partial charge >= 0.3 is 0 Å². The van der Waals surface area contributed by atoms with Gasteiger partial charge < -0.3 is 10.4 Å². The van der Waals surface area contributed by atoms with Crippen molar-refractivity contribution in [2.24, 2.45) is 5.92 Å². The lowest BCUT2D eigenvalue weighted by Crippen LogP contribution is -2.50. The smallest absolute Gasteiger partial charge is 0.115 e. The van der Waals surface area contributed by atoms with Crippen LogP contribution in [-0.4, -0.2) is 35.7 Å². The maximum Gasteiger partial charge on any atom is 0.115 e. The first kappa shape index (κ1) is 16.8. The number of phenols is 1. The maximum atomic E-state index is 9.97. The lowest BCUT2D eigenvalue weighted by atomic mass is 9.73. The van der Waals surface area contributed by atoms with Crippen molar-refractivity contribution < 1.29 is 5.11 Å². The van der Waals surface area contributed by atoms with Gasteiger partial charge in [0, 0.05) is 24.2 Å². The first-order valence-corrected chi connectivity index (χ1v) is 9.26. The number of aromatic hydroxyl groups is 1. The summed E-state index contributed by atoms with van der Waals surface area (Å²) in [6.07, 6.45) is 7.54. The lowest BCUT2D eigenvalue weighted by molar-refractivity contribution is 0.0566. The fourth-order valence-corrected chi connectivity index (χ4v) is 4.28. The molecular weight excluding hydrogens is 284 g/mol. The number of hydrogen-bond acceptors (Lipinski definition) is 3. The minimum absolute atomic E-state index is 0.0937. The van der Waals surface area contributed by atoms with Crippen LogP contribution in [0, 0.1) is 5.92 Å². The van der Waals surface area contributed by atoms with Gasteiger partial charge in [-0.05, 0) is 69.2 Å². The molecule has 0 aliphatic heterocycles. The number of rotatable bonds is 6. The van der Waals surface area contributed by atoms with Gasteiger partial charge in [0.2, 0.25) is 0 Å². The van der Waals surface area contributed by atoms with E-state index in [-0.39, 0.29) is 5.54 Å². The molecule has 0 atom stereocenters. The molecule has 0 bridgehead atoms. The highest BCUT2D eigenvalue weighted by molar-refractivity contribution is 5.33. The van der Waals surface area contributed by atoms with E-state index >= 15 is 0 Å². The molecule has 0 unspecified atom stereocenters. The predicted molar refractivity (Wildman–Crippen MR) is 95.7 cm³/mol. The third kappa shape index (κ3) is 3.89. The summed E-state index contributed by atoms with van der Waals surface area (Å²) in [6.45, 7) is 5.66. The van der Waals surface area contributed by atoms with Gasteiger partial charge in [0.05, 0.1) is 0 Å². The van der Waals surface area contributed by atoms with E-state index in [2.05, 4.69) is 37.2 Å². The largest absolute Gasteiger partial charge is 0.508 e. The minimum atomic E-state index is 0.0937. The highest BCUT2D eigenvalue weighted by Crippen LogP contribution is 2.44. The van der Waals surface area contributed by atoms with Crippen molar-refractivity contribution in [2.45, 2.75) is 70.0 Å². The molecule has 3 rings (SSSR count). The molecule has 0 spiro atoms. The SMILES string of the molecule is CC(C)NC1CCC(c2cccc(O)c2)(N(C)CC2CC2)CC1. The van der Waals surface area contributed by atoms with E-state index in [1.54, 1.807) is 6.07 Å². The molecule has 0 saturated heterocycles. The van der Waals surface area contributed by atoms with E-state index in [1.807, 2.05) is 12.1 Å². The van der Waals surface area contributed by atoms with Crippen LogP contribution in [0.3, 0.4) is 0 Å². The van der Waals surface area contributed by atoms with Gasteiger partial charge in [-0.25, -0.2) is 0 Å². The highest BCUT2D eigenvalue weighted by atomic mass is 16.3. The monoisotopic (exact) mass is 316 g/mol. The van der Waals surface area contributed by atoms with Crippen LogP contribution in [0.15, 0.2) is 24.3 Å². The van der Waals surface area contributed by atoms with Crippen molar-refractivity contribution in [3.05, 3.63) is 29.8 Å². The Bertz CT molecular complexity index is 516. The Balaban J connectivity index is 1.80. The van der Waals surface area contributed by atoms with Gasteiger partial charge in [-0.15, -0.1) is 0 Å². The van der Waals surface area contributed by atoms with Gasteiger partial charge in [0.15, 0.2) is 0 Å². The van der Waals surface area contributed by atoms with E-state index < -0.39 is 0 Å². The second-order valence-corrected chi connectivity index (χ2v) is 8.00.